The third-order valence-corrected chi connectivity index (χ3v) is 2.99. The maximum absolute atomic E-state index is 5.62. The molecule has 100 valence electrons. The first-order valence-electron chi connectivity index (χ1n) is 6.57. The number of hydrogen-bond acceptors (Lipinski definition) is 2. The second kappa shape index (κ2) is 7.84. The summed E-state index contributed by atoms with van der Waals surface area (Å²) in [6.45, 7) is 13.7. The van der Waals surface area contributed by atoms with E-state index >= 15 is 0 Å². The van der Waals surface area contributed by atoms with Crippen LogP contribution in [0.5, 0.6) is 0 Å². The molecule has 1 aromatic rings. The highest BCUT2D eigenvalue weighted by Crippen LogP contribution is 2.32. The van der Waals surface area contributed by atoms with Gasteiger partial charge in [-0.05, 0) is 34.4 Å². The van der Waals surface area contributed by atoms with Crippen LogP contribution in [0.15, 0.2) is 18.2 Å². The summed E-state index contributed by atoms with van der Waals surface area (Å²) >= 11 is 0. The van der Waals surface area contributed by atoms with Gasteiger partial charge in [0, 0.05) is 0 Å². The van der Waals surface area contributed by atoms with Gasteiger partial charge in [-0.1, -0.05) is 59.7 Å². The Morgan fingerprint density at radius 3 is 1.33 bits per heavy atom. The summed E-state index contributed by atoms with van der Waals surface area (Å²) < 4.78 is 0. The van der Waals surface area contributed by atoms with E-state index in [0.29, 0.717) is 17.8 Å². The van der Waals surface area contributed by atoms with Crippen molar-refractivity contribution in [3.05, 3.63) is 34.9 Å². The molecule has 0 aliphatic rings. The van der Waals surface area contributed by atoms with Crippen LogP contribution < -0.4 is 0 Å². The van der Waals surface area contributed by atoms with Gasteiger partial charge < -0.3 is 0 Å². The predicted octanol–water partition coefficient (Wildman–Crippen LogP) is 5.37. The SMILES string of the molecule is CC(C)c1cccc(C(C)C)c1C(C)C.N=C=N. The largest absolute Gasteiger partial charge is 0.242 e. The molecule has 0 aliphatic heterocycles. The summed E-state index contributed by atoms with van der Waals surface area (Å²) in [4.78, 5) is 0. The Balaban J connectivity index is 0.000000873. The van der Waals surface area contributed by atoms with Crippen LogP contribution in [0.2, 0.25) is 0 Å². The van der Waals surface area contributed by atoms with Gasteiger partial charge in [-0.2, -0.15) is 0 Å². The Hall–Kier alpha value is -1.40. The summed E-state index contributed by atoms with van der Waals surface area (Å²) in [5.41, 5.74) is 4.62. The number of hydrogen-bond donors (Lipinski definition) is 2. The molecule has 0 heterocycles. The molecule has 1 rings (SSSR count). The predicted molar refractivity (Wildman–Crippen MR) is 79.2 cm³/mol. The van der Waals surface area contributed by atoms with Gasteiger partial charge in [-0.3, -0.25) is 0 Å². The van der Waals surface area contributed by atoms with E-state index in [4.69, 9.17) is 10.8 Å². The molecular weight excluding hydrogens is 220 g/mol. The number of rotatable bonds is 3. The minimum absolute atomic E-state index is 0.626. The zero-order valence-electron chi connectivity index (χ0n) is 12.5. The fraction of sp³-hybridized carbons (Fsp3) is 0.562. The van der Waals surface area contributed by atoms with Gasteiger partial charge in [0.05, 0.1) is 6.01 Å². The zero-order chi connectivity index (χ0) is 14.3. The lowest BCUT2D eigenvalue weighted by molar-refractivity contribution is 0.748. The first-order valence-corrected chi connectivity index (χ1v) is 6.57. The molecule has 2 nitrogen and oxygen atoms in total. The van der Waals surface area contributed by atoms with E-state index in [1.54, 1.807) is 5.56 Å². The summed E-state index contributed by atoms with van der Waals surface area (Å²) in [5.74, 6) is 1.88. The van der Waals surface area contributed by atoms with Crippen molar-refractivity contribution in [1.82, 2.24) is 0 Å². The third-order valence-electron chi connectivity index (χ3n) is 2.99. The maximum Gasteiger partial charge on any atom is 0.0831 e. The molecule has 0 bridgehead atoms. The summed E-state index contributed by atoms with van der Waals surface area (Å²) in [7, 11) is 0. The Labute approximate surface area is 111 Å². The summed E-state index contributed by atoms with van der Waals surface area (Å²) in [5, 5.41) is 11.2. The van der Waals surface area contributed by atoms with Crippen LogP contribution in [0, 0.1) is 10.8 Å². The topological polar surface area (TPSA) is 47.7 Å². The average molecular weight is 246 g/mol. The van der Waals surface area contributed by atoms with Crippen LogP contribution >= 0.6 is 0 Å². The van der Waals surface area contributed by atoms with Crippen LogP contribution in [0.3, 0.4) is 0 Å². The molecule has 2 heteroatoms. The molecule has 1 aromatic carbocycles. The average Bonchev–Trinajstić information content (AvgIpc) is 2.28. The molecule has 2 N–H and O–H groups in total. The molecule has 0 saturated carbocycles. The minimum atomic E-state index is 0.626. The highest BCUT2D eigenvalue weighted by Gasteiger charge is 2.15. The van der Waals surface area contributed by atoms with Crippen LogP contribution in [0.4, 0.5) is 0 Å². The Bertz CT molecular complexity index is 371. The van der Waals surface area contributed by atoms with Crippen molar-refractivity contribution >= 4 is 6.01 Å². The molecule has 0 aromatic heterocycles. The second-order valence-electron chi connectivity index (χ2n) is 5.44. The van der Waals surface area contributed by atoms with E-state index < -0.39 is 0 Å². The maximum atomic E-state index is 5.62. The summed E-state index contributed by atoms with van der Waals surface area (Å²) in [6.07, 6.45) is 0. The fourth-order valence-electron chi connectivity index (χ4n) is 2.28. The molecule has 18 heavy (non-hydrogen) atoms. The summed E-state index contributed by atoms with van der Waals surface area (Å²) in [6, 6.07) is 8.02. The van der Waals surface area contributed by atoms with Gasteiger partial charge in [0.15, 0.2) is 0 Å². The van der Waals surface area contributed by atoms with E-state index in [1.807, 2.05) is 0 Å². The lowest BCUT2D eigenvalue weighted by atomic mass is 9.83. The zero-order valence-corrected chi connectivity index (χ0v) is 12.5. The normalized spacial score (nSPS) is 10.3. The van der Waals surface area contributed by atoms with Crippen molar-refractivity contribution in [3.63, 3.8) is 0 Å². The molecule has 0 amide bonds. The quantitative estimate of drug-likeness (QED) is 0.673. The monoisotopic (exact) mass is 246 g/mol. The lowest BCUT2D eigenvalue weighted by Crippen LogP contribution is -2.04. The first kappa shape index (κ1) is 16.6. The smallest absolute Gasteiger partial charge is 0.0831 e. The van der Waals surface area contributed by atoms with Crippen molar-refractivity contribution in [2.75, 3.05) is 0 Å². The van der Waals surface area contributed by atoms with Gasteiger partial charge >= 0.3 is 0 Å². The fourth-order valence-corrected chi connectivity index (χ4v) is 2.28. The molecule has 0 radical (unpaired) electrons. The molecule has 0 unspecified atom stereocenters. The third kappa shape index (κ3) is 4.46. The Morgan fingerprint density at radius 1 is 0.778 bits per heavy atom. The van der Waals surface area contributed by atoms with Crippen LogP contribution in [0.25, 0.3) is 0 Å². The molecule has 0 aliphatic carbocycles. The van der Waals surface area contributed by atoms with E-state index in [9.17, 15) is 0 Å². The highest BCUT2D eigenvalue weighted by molar-refractivity contribution is 5.40. The van der Waals surface area contributed by atoms with Gasteiger partial charge in [0.25, 0.3) is 0 Å². The molecule has 0 atom stereocenters. The van der Waals surface area contributed by atoms with Crippen molar-refractivity contribution in [2.45, 2.75) is 59.3 Å². The second-order valence-corrected chi connectivity index (χ2v) is 5.44. The van der Waals surface area contributed by atoms with Crippen LogP contribution in [0.1, 0.15) is 76.0 Å². The Kier molecular flexibility index (Phi) is 7.23. The van der Waals surface area contributed by atoms with Gasteiger partial charge in [-0.25, -0.2) is 10.8 Å². The molecule has 0 fully saturated rings. The highest BCUT2D eigenvalue weighted by atomic mass is 14.4. The van der Waals surface area contributed by atoms with Gasteiger partial charge in [-0.15, -0.1) is 0 Å². The first-order chi connectivity index (χ1) is 8.36. The molecule has 0 saturated heterocycles. The lowest BCUT2D eigenvalue weighted by Gasteiger charge is -2.22. The van der Waals surface area contributed by atoms with Crippen molar-refractivity contribution in [1.29, 1.82) is 10.8 Å². The van der Waals surface area contributed by atoms with Crippen molar-refractivity contribution < 1.29 is 0 Å². The van der Waals surface area contributed by atoms with Gasteiger partial charge in [0.2, 0.25) is 0 Å². The number of benzene rings is 1. The van der Waals surface area contributed by atoms with Gasteiger partial charge in [0.1, 0.15) is 0 Å². The Morgan fingerprint density at radius 2 is 1.11 bits per heavy atom. The van der Waals surface area contributed by atoms with E-state index in [2.05, 4.69) is 59.7 Å². The minimum Gasteiger partial charge on any atom is -0.242 e. The number of nitrogens with one attached hydrogen (secondary N) is 2. The van der Waals surface area contributed by atoms with E-state index in [1.165, 1.54) is 17.1 Å². The molecular formula is C16H26N2. The standard InChI is InChI=1S/C15H24.CH2N2/c1-10(2)13-8-7-9-14(11(3)4)15(13)12(5)6;2-1-3/h7-12H,1-6H3;2-3H. The van der Waals surface area contributed by atoms with Crippen LogP contribution in [-0.2, 0) is 0 Å². The van der Waals surface area contributed by atoms with Crippen molar-refractivity contribution in [2.24, 2.45) is 0 Å². The molecule has 0 spiro atoms. The van der Waals surface area contributed by atoms with Crippen LogP contribution in [-0.4, -0.2) is 6.01 Å². The van der Waals surface area contributed by atoms with E-state index in [0.717, 1.165) is 0 Å². The van der Waals surface area contributed by atoms with Crippen molar-refractivity contribution in [3.8, 4) is 0 Å². The van der Waals surface area contributed by atoms with E-state index in [-0.39, 0.29) is 0 Å².